The van der Waals surface area contributed by atoms with E-state index in [9.17, 15) is 4.79 Å². The van der Waals surface area contributed by atoms with E-state index in [0.29, 0.717) is 23.5 Å². The Balaban J connectivity index is 2.72. The fraction of sp³-hybridized carbons (Fsp3) is 0.533. The number of carbonyl (C=O) groups excluding carboxylic acids is 1. The molecule has 1 rings (SSSR count). The number of methoxy groups -OCH3 is 2. The molecule has 106 valence electrons. The number of Topliss-reactive ketones (excluding diaryl/α,β-unsaturated/α-hetero) is 1. The van der Waals surface area contributed by atoms with Gasteiger partial charge >= 0.3 is 0 Å². The minimum atomic E-state index is 0.153. The van der Waals surface area contributed by atoms with E-state index in [1.807, 2.05) is 0 Å². The number of carbonyl (C=O) groups is 1. The molecule has 0 amide bonds. The molecular formula is C15H24NO3+. The maximum atomic E-state index is 12.1. The van der Waals surface area contributed by atoms with Gasteiger partial charge in [0.2, 0.25) is 0 Å². The van der Waals surface area contributed by atoms with E-state index in [4.69, 9.17) is 9.47 Å². The molecule has 0 spiro atoms. The number of quaternary nitrogens is 1. The van der Waals surface area contributed by atoms with Gasteiger partial charge < -0.3 is 14.4 Å². The Kier molecular flexibility index (Phi) is 6.36. The molecule has 0 saturated carbocycles. The van der Waals surface area contributed by atoms with Crippen molar-refractivity contribution < 1.29 is 19.2 Å². The maximum Gasteiger partial charge on any atom is 0.168 e. The summed E-state index contributed by atoms with van der Waals surface area (Å²) in [5, 5.41) is 0. The third-order valence-corrected chi connectivity index (χ3v) is 3.41. The second-order valence-electron chi connectivity index (χ2n) is 4.45. The van der Waals surface area contributed by atoms with Crippen molar-refractivity contribution in [2.45, 2.75) is 20.3 Å². The first kappa shape index (κ1) is 15.5. The number of nitrogens with one attached hydrogen (secondary N) is 1. The second-order valence-corrected chi connectivity index (χ2v) is 4.45. The summed E-state index contributed by atoms with van der Waals surface area (Å²) >= 11 is 0. The summed E-state index contributed by atoms with van der Waals surface area (Å²) in [6, 6.07) is 5.32. The highest BCUT2D eigenvalue weighted by Gasteiger charge is 2.13. The first-order chi connectivity index (χ1) is 9.15. The standard InChI is InChI=1S/C15H23NO3/c1-5-16(6-2)10-9-13(17)12-7-8-14(18-3)15(11-12)19-4/h7-8,11H,5-6,9-10H2,1-4H3/p+1. The summed E-state index contributed by atoms with van der Waals surface area (Å²) in [7, 11) is 3.16. The van der Waals surface area contributed by atoms with Crippen LogP contribution in [0.15, 0.2) is 18.2 Å². The van der Waals surface area contributed by atoms with Gasteiger partial charge in [-0.2, -0.15) is 0 Å². The molecule has 0 fully saturated rings. The van der Waals surface area contributed by atoms with Gasteiger partial charge in [0.15, 0.2) is 17.3 Å². The second kappa shape index (κ2) is 7.79. The predicted molar refractivity (Wildman–Crippen MR) is 75.4 cm³/mol. The van der Waals surface area contributed by atoms with Crippen LogP contribution in [-0.2, 0) is 0 Å². The molecule has 0 aliphatic rings. The van der Waals surface area contributed by atoms with Gasteiger partial charge in [0.25, 0.3) is 0 Å². The highest BCUT2D eigenvalue weighted by molar-refractivity contribution is 5.96. The van der Waals surface area contributed by atoms with E-state index >= 15 is 0 Å². The zero-order valence-corrected chi connectivity index (χ0v) is 12.3. The van der Waals surface area contributed by atoms with E-state index in [0.717, 1.165) is 19.6 Å². The minimum Gasteiger partial charge on any atom is -0.493 e. The van der Waals surface area contributed by atoms with Crippen LogP contribution in [0.2, 0.25) is 0 Å². The van der Waals surface area contributed by atoms with Crippen molar-refractivity contribution in [2.75, 3.05) is 33.9 Å². The van der Waals surface area contributed by atoms with Crippen molar-refractivity contribution in [3.63, 3.8) is 0 Å². The predicted octanol–water partition coefficient (Wildman–Crippen LogP) is 1.20. The van der Waals surface area contributed by atoms with Gasteiger partial charge in [-0.25, -0.2) is 0 Å². The molecule has 1 aromatic rings. The highest BCUT2D eigenvalue weighted by Crippen LogP contribution is 2.27. The van der Waals surface area contributed by atoms with Crippen LogP contribution in [0.25, 0.3) is 0 Å². The molecule has 0 unspecified atom stereocenters. The number of benzene rings is 1. The zero-order chi connectivity index (χ0) is 14.3. The van der Waals surface area contributed by atoms with Crippen molar-refractivity contribution in [3.05, 3.63) is 23.8 Å². The number of hydrogen-bond acceptors (Lipinski definition) is 3. The fourth-order valence-corrected chi connectivity index (χ4v) is 2.05. The van der Waals surface area contributed by atoms with Gasteiger partial charge in [0.1, 0.15) is 0 Å². The van der Waals surface area contributed by atoms with Crippen molar-refractivity contribution in [1.29, 1.82) is 0 Å². The van der Waals surface area contributed by atoms with Crippen LogP contribution >= 0.6 is 0 Å². The van der Waals surface area contributed by atoms with Crippen LogP contribution in [0, 0.1) is 0 Å². The number of ketones is 1. The third-order valence-electron chi connectivity index (χ3n) is 3.41. The minimum absolute atomic E-state index is 0.153. The van der Waals surface area contributed by atoms with Gasteiger partial charge in [-0.1, -0.05) is 0 Å². The molecule has 0 heterocycles. The van der Waals surface area contributed by atoms with Crippen LogP contribution in [0.1, 0.15) is 30.6 Å². The molecule has 0 atom stereocenters. The molecular weight excluding hydrogens is 242 g/mol. The summed E-state index contributed by atoms with van der Waals surface area (Å²) in [5.74, 6) is 1.40. The Morgan fingerprint density at radius 3 is 2.26 bits per heavy atom. The van der Waals surface area contributed by atoms with Crippen LogP contribution in [0.5, 0.6) is 11.5 Å². The van der Waals surface area contributed by atoms with E-state index < -0.39 is 0 Å². The van der Waals surface area contributed by atoms with Crippen LogP contribution in [0.4, 0.5) is 0 Å². The molecule has 19 heavy (non-hydrogen) atoms. The lowest BCUT2D eigenvalue weighted by atomic mass is 10.1. The highest BCUT2D eigenvalue weighted by atomic mass is 16.5. The molecule has 0 aliphatic heterocycles. The normalized spacial score (nSPS) is 10.6. The van der Waals surface area contributed by atoms with Gasteiger partial charge in [-0.3, -0.25) is 4.79 Å². The van der Waals surface area contributed by atoms with E-state index in [1.165, 1.54) is 4.90 Å². The number of ether oxygens (including phenoxy) is 2. The van der Waals surface area contributed by atoms with E-state index in [2.05, 4.69) is 13.8 Å². The summed E-state index contributed by atoms with van der Waals surface area (Å²) in [6.45, 7) is 7.26. The van der Waals surface area contributed by atoms with Crippen molar-refractivity contribution in [3.8, 4) is 11.5 Å². The summed E-state index contributed by atoms with van der Waals surface area (Å²) in [6.07, 6.45) is 0.562. The van der Waals surface area contributed by atoms with Crippen molar-refractivity contribution in [2.24, 2.45) is 0 Å². The molecule has 4 heteroatoms. The third kappa shape index (κ3) is 4.24. The lowest BCUT2D eigenvalue weighted by molar-refractivity contribution is -0.895. The average Bonchev–Trinajstić information content (AvgIpc) is 2.47. The molecule has 0 bridgehead atoms. The van der Waals surface area contributed by atoms with Crippen molar-refractivity contribution in [1.82, 2.24) is 0 Å². The lowest BCUT2D eigenvalue weighted by Gasteiger charge is -2.15. The van der Waals surface area contributed by atoms with Crippen LogP contribution in [-0.4, -0.2) is 39.6 Å². The largest absolute Gasteiger partial charge is 0.493 e. The molecule has 0 radical (unpaired) electrons. The van der Waals surface area contributed by atoms with Crippen molar-refractivity contribution >= 4 is 5.78 Å². The first-order valence-corrected chi connectivity index (χ1v) is 6.75. The molecule has 1 N–H and O–H groups in total. The van der Waals surface area contributed by atoms with Crippen LogP contribution in [0.3, 0.4) is 0 Å². The average molecular weight is 266 g/mol. The molecule has 0 aromatic heterocycles. The Morgan fingerprint density at radius 2 is 1.74 bits per heavy atom. The number of rotatable bonds is 8. The molecule has 4 nitrogen and oxygen atoms in total. The Hall–Kier alpha value is -1.55. The van der Waals surface area contributed by atoms with E-state index in [1.54, 1.807) is 32.4 Å². The molecule has 0 aliphatic carbocycles. The smallest absolute Gasteiger partial charge is 0.168 e. The Labute approximate surface area is 115 Å². The summed E-state index contributed by atoms with van der Waals surface area (Å²) in [5.41, 5.74) is 0.684. The first-order valence-electron chi connectivity index (χ1n) is 6.75. The van der Waals surface area contributed by atoms with Gasteiger partial charge in [-0.15, -0.1) is 0 Å². The van der Waals surface area contributed by atoms with Gasteiger partial charge in [-0.05, 0) is 32.0 Å². The zero-order valence-electron chi connectivity index (χ0n) is 12.3. The lowest BCUT2D eigenvalue weighted by Crippen LogP contribution is -3.11. The fourth-order valence-electron chi connectivity index (χ4n) is 2.05. The quantitative estimate of drug-likeness (QED) is 0.719. The monoisotopic (exact) mass is 266 g/mol. The molecule has 0 saturated heterocycles. The Morgan fingerprint density at radius 1 is 1.11 bits per heavy atom. The maximum absolute atomic E-state index is 12.1. The number of hydrogen-bond donors (Lipinski definition) is 1. The van der Waals surface area contributed by atoms with Gasteiger partial charge in [0.05, 0.1) is 40.3 Å². The molecule has 1 aromatic carbocycles. The topological polar surface area (TPSA) is 40.0 Å². The Bertz CT molecular complexity index is 414. The van der Waals surface area contributed by atoms with Gasteiger partial charge in [0, 0.05) is 5.56 Å². The SMILES string of the molecule is CC[NH+](CC)CCC(=O)c1ccc(OC)c(OC)c1. The summed E-state index contributed by atoms with van der Waals surface area (Å²) < 4.78 is 10.4. The summed E-state index contributed by atoms with van der Waals surface area (Å²) in [4.78, 5) is 13.6. The van der Waals surface area contributed by atoms with E-state index in [-0.39, 0.29) is 5.78 Å². The van der Waals surface area contributed by atoms with Crippen LogP contribution < -0.4 is 14.4 Å².